The second kappa shape index (κ2) is 5.14. The average molecular weight is 236 g/mol. The van der Waals surface area contributed by atoms with Crippen molar-refractivity contribution in [2.45, 2.75) is 12.8 Å². The highest BCUT2D eigenvalue weighted by molar-refractivity contribution is 6.30. The summed E-state index contributed by atoms with van der Waals surface area (Å²) in [7, 11) is 0. The summed E-state index contributed by atoms with van der Waals surface area (Å²) in [6.45, 7) is 0.691. The summed E-state index contributed by atoms with van der Waals surface area (Å²) < 4.78 is 0. The third-order valence-electron chi connectivity index (χ3n) is 2.40. The lowest BCUT2D eigenvalue weighted by molar-refractivity contribution is 0.794. The number of rotatable bonds is 4. The molecule has 16 heavy (non-hydrogen) atoms. The molecule has 0 atom stereocenters. The van der Waals surface area contributed by atoms with Crippen LogP contribution in [0.4, 0.5) is 0 Å². The van der Waals surface area contributed by atoms with E-state index < -0.39 is 0 Å². The van der Waals surface area contributed by atoms with Gasteiger partial charge >= 0.3 is 0 Å². The topological polar surface area (TPSA) is 54.7 Å². The summed E-state index contributed by atoms with van der Waals surface area (Å²) in [5, 5.41) is 0.742. The van der Waals surface area contributed by atoms with Crippen LogP contribution in [0.15, 0.2) is 30.5 Å². The standard InChI is InChI=1S/C12H14ClN3/c13-10-5-3-9(4-6-10)11-8-15-12(16-11)2-1-7-14/h3-6,8H,1-2,7,14H2,(H,15,16). The first-order chi connectivity index (χ1) is 7.79. The predicted molar refractivity (Wildman–Crippen MR) is 66.4 cm³/mol. The Kier molecular flexibility index (Phi) is 3.59. The lowest BCUT2D eigenvalue weighted by Crippen LogP contribution is -2.01. The first-order valence-electron chi connectivity index (χ1n) is 5.29. The van der Waals surface area contributed by atoms with Crippen molar-refractivity contribution < 1.29 is 0 Å². The highest BCUT2D eigenvalue weighted by atomic mass is 35.5. The van der Waals surface area contributed by atoms with Crippen LogP contribution >= 0.6 is 11.6 Å². The molecule has 0 radical (unpaired) electrons. The molecule has 0 aliphatic carbocycles. The van der Waals surface area contributed by atoms with Crippen molar-refractivity contribution in [2.75, 3.05) is 6.54 Å². The van der Waals surface area contributed by atoms with E-state index in [1.807, 2.05) is 30.5 Å². The van der Waals surface area contributed by atoms with Gasteiger partial charge in [0.05, 0.1) is 11.9 Å². The minimum atomic E-state index is 0.691. The van der Waals surface area contributed by atoms with Gasteiger partial charge in [-0.15, -0.1) is 0 Å². The van der Waals surface area contributed by atoms with Crippen LogP contribution in [0.5, 0.6) is 0 Å². The van der Waals surface area contributed by atoms with E-state index >= 15 is 0 Å². The third-order valence-corrected chi connectivity index (χ3v) is 2.65. The number of halogens is 1. The van der Waals surface area contributed by atoms with Gasteiger partial charge in [0.15, 0.2) is 0 Å². The number of imidazole rings is 1. The van der Waals surface area contributed by atoms with Gasteiger partial charge in [-0.1, -0.05) is 23.7 Å². The Balaban J connectivity index is 2.15. The smallest absolute Gasteiger partial charge is 0.106 e. The van der Waals surface area contributed by atoms with E-state index in [1.165, 1.54) is 0 Å². The second-order valence-electron chi connectivity index (χ2n) is 3.64. The first-order valence-corrected chi connectivity index (χ1v) is 5.67. The third kappa shape index (κ3) is 2.62. The molecule has 0 fully saturated rings. The summed E-state index contributed by atoms with van der Waals surface area (Å²) >= 11 is 5.83. The fourth-order valence-corrected chi connectivity index (χ4v) is 1.66. The van der Waals surface area contributed by atoms with E-state index in [1.54, 1.807) is 0 Å². The Morgan fingerprint density at radius 2 is 2.00 bits per heavy atom. The minimum absolute atomic E-state index is 0.691. The molecule has 2 aromatic rings. The Labute approximate surface area is 99.7 Å². The molecule has 0 aliphatic rings. The van der Waals surface area contributed by atoms with Gasteiger partial charge in [-0.05, 0) is 30.7 Å². The monoisotopic (exact) mass is 235 g/mol. The first kappa shape index (κ1) is 11.2. The molecule has 3 nitrogen and oxygen atoms in total. The van der Waals surface area contributed by atoms with Crippen LogP contribution in [0.1, 0.15) is 12.2 Å². The van der Waals surface area contributed by atoms with Crippen LogP contribution in [0.3, 0.4) is 0 Å². The molecule has 1 aromatic carbocycles. The molecule has 4 heteroatoms. The normalized spacial score (nSPS) is 10.6. The Bertz CT molecular complexity index is 448. The molecule has 3 N–H and O–H groups in total. The number of hydrogen-bond donors (Lipinski definition) is 2. The Hall–Kier alpha value is -1.32. The molecule has 0 amide bonds. The zero-order valence-electron chi connectivity index (χ0n) is 8.91. The maximum Gasteiger partial charge on any atom is 0.106 e. The van der Waals surface area contributed by atoms with Gasteiger partial charge in [0.1, 0.15) is 5.82 Å². The molecule has 1 aromatic heterocycles. The predicted octanol–water partition coefficient (Wildman–Crippen LogP) is 2.62. The average Bonchev–Trinajstić information content (AvgIpc) is 2.76. The number of nitrogens with zero attached hydrogens (tertiary/aromatic N) is 1. The van der Waals surface area contributed by atoms with E-state index in [2.05, 4.69) is 9.97 Å². The molecule has 0 saturated carbocycles. The van der Waals surface area contributed by atoms with E-state index in [9.17, 15) is 0 Å². The minimum Gasteiger partial charge on any atom is -0.342 e. The number of H-pyrrole nitrogens is 1. The van der Waals surface area contributed by atoms with Crippen molar-refractivity contribution in [2.24, 2.45) is 5.73 Å². The zero-order valence-corrected chi connectivity index (χ0v) is 9.67. The molecule has 0 unspecified atom stereocenters. The van der Waals surface area contributed by atoms with Crippen molar-refractivity contribution >= 4 is 11.6 Å². The van der Waals surface area contributed by atoms with Crippen molar-refractivity contribution in [3.8, 4) is 11.3 Å². The molecule has 0 aliphatic heterocycles. The van der Waals surface area contributed by atoms with Crippen LogP contribution in [0.2, 0.25) is 5.02 Å². The lowest BCUT2D eigenvalue weighted by Gasteiger charge is -1.97. The largest absolute Gasteiger partial charge is 0.342 e. The van der Waals surface area contributed by atoms with Crippen LogP contribution < -0.4 is 5.73 Å². The van der Waals surface area contributed by atoms with Gasteiger partial charge in [-0.25, -0.2) is 4.98 Å². The maximum absolute atomic E-state index is 5.83. The van der Waals surface area contributed by atoms with E-state index in [4.69, 9.17) is 17.3 Å². The summed E-state index contributed by atoms with van der Waals surface area (Å²) in [6, 6.07) is 7.69. The molecule has 0 saturated heterocycles. The molecule has 0 spiro atoms. The van der Waals surface area contributed by atoms with Gasteiger partial charge in [-0.3, -0.25) is 0 Å². The van der Waals surface area contributed by atoms with E-state index in [0.29, 0.717) is 6.54 Å². The van der Waals surface area contributed by atoms with Crippen LogP contribution in [0, 0.1) is 0 Å². The number of aromatic amines is 1. The Morgan fingerprint density at radius 3 is 2.69 bits per heavy atom. The Morgan fingerprint density at radius 1 is 1.25 bits per heavy atom. The van der Waals surface area contributed by atoms with Crippen molar-refractivity contribution in [3.63, 3.8) is 0 Å². The highest BCUT2D eigenvalue weighted by Crippen LogP contribution is 2.19. The van der Waals surface area contributed by atoms with Crippen LogP contribution in [-0.2, 0) is 6.42 Å². The molecule has 84 valence electrons. The fraction of sp³-hybridized carbons (Fsp3) is 0.250. The zero-order chi connectivity index (χ0) is 11.4. The number of aryl methyl sites for hydroxylation is 1. The molecule has 1 heterocycles. The number of nitrogens with two attached hydrogens (primary N) is 1. The van der Waals surface area contributed by atoms with Gasteiger partial charge in [0.2, 0.25) is 0 Å². The highest BCUT2D eigenvalue weighted by Gasteiger charge is 2.02. The number of benzene rings is 1. The van der Waals surface area contributed by atoms with Gasteiger partial charge in [0, 0.05) is 11.4 Å². The van der Waals surface area contributed by atoms with Crippen LogP contribution in [0.25, 0.3) is 11.3 Å². The van der Waals surface area contributed by atoms with Gasteiger partial charge in [0.25, 0.3) is 0 Å². The quantitative estimate of drug-likeness (QED) is 0.856. The molecule has 2 rings (SSSR count). The molecule has 0 bridgehead atoms. The summed E-state index contributed by atoms with van der Waals surface area (Å²) in [6.07, 6.45) is 3.69. The SMILES string of the molecule is NCCCc1ncc(-c2ccc(Cl)cc2)[nH]1. The number of aromatic nitrogens is 2. The maximum atomic E-state index is 5.83. The summed E-state index contributed by atoms with van der Waals surface area (Å²) in [5.41, 5.74) is 7.57. The molecular formula is C12H14ClN3. The van der Waals surface area contributed by atoms with E-state index in [0.717, 1.165) is 34.9 Å². The fourth-order valence-electron chi connectivity index (χ4n) is 1.54. The summed E-state index contributed by atoms with van der Waals surface area (Å²) in [5.74, 6) is 0.982. The number of hydrogen-bond acceptors (Lipinski definition) is 2. The van der Waals surface area contributed by atoms with Crippen molar-refractivity contribution in [3.05, 3.63) is 41.3 Å². The second-order valence-corrected chi connectivity index (χ2v) is 4.08. The van der Waals surface area contributed by atoms with Crippen molar-refractivity contribution in [1.82, 2.24) is 9.97 Å². The van der Waals surface area contributed by atoms with E-state index in [-0.39, 0.29) is 0 Å². The van der Waals surface area contributed by atoms with Gasteiger partial charge in [-0.2, -0.15) is 0 Å². The summed E-state index contributed by atoms with van der Waals surface area (Å²) in [4.78, 5) is 7.58. The molecular weight excluding hydrogens is 222 g/mol. The van der Waals surface area contributed by atoms with Gasteiger partial charge < -0.3 is 10.7 Å². The lowest BCUT2D eigenvalue weighted by atomic mass is 10.2. The van der Waals surface area contributed by atoms with Crippen molar-refractivity contribution in [1.29, 1.82) is 0 Å². The van der Waals surface area contributed by atoms with Crippen LogP contribution in [-0.4, -0.2) is 16.5 Å². The number of nitrogens with one attached hydrogen (secondary N) is 1.